The van der Waals surface area contributed by atoms with E-state index >= 15 is 0 Å². The van der Waals surface area contributed by atoms with Crippen LogP contribution in [0.5, 0.6) is 0 Å². The highest BCUT2D eigenvalue weighted by Crippen LogP contribution is 2.47. The summed E-state index contributed by atoms with van der Waals surface area (Å²) < 4.78 is 23.8. The maximum absolute atomic E-state index is 12.4. The van der Waals surface area contributed by atoms with Gasteiger partial charge in [0.2, 0.25) is 0 Å². The lowest BCUT2D eigenvalue weighted by molar-refractivity contribution is 0.230. The molecule has 0 bridgehead atoms. The van der Waals surface area contributed by atoms with Crippen LogP contribution in [0.2, 0.25) is 0 Å². The van der Waals surface area contributed by atoms with Gasteiger partial charge in [0.05, 0.1) is 18.5 Å². The molecule has 0 spiro atoms. The van der Waals surface area contributed by atoms with Crippen LogP contribution in [0.3, 0.4) is 0 Å². The monoisotopic (exact) mass is 306 g/mol. The molecule has 0 aliphatic rings. The highest BCUT2D eigenvalue weighted by atomic mass is 79.9. The van der Waals surface area contributed by atoms with Crippen LogP contribution in [0, 0.1) is 6.92 Å². The van der Waals surface area contributed by atoms with Crippen molar-refractivity contribution in [2.24, 2.45) is 0 Å². The Morgan fingerprint density at radius 1 is 1.25 bits per heavy atom. The van der Waals surface area contributed by atoms with E-state index in [1.54, 1.807) is 26.0 Å². The van der Waals surface area contributed by atoms with E-state index in [1.807, 2.05) is 13.0 Å². The van der Waals surface area contributed by atoms with E-state index in [0.717, 1.165) is 10.0 Å². The second kappa shape index (κ2) is 5.97. The van der Waals surface area contributed by atoms with Gasteiger partial charge in [0.1, 0.15) is 0 Å². The first-order valence-electron chi connectivity index (χ1n) is 5.19. The maximum atomic E-state index is 12.4. The lowest BCUT2D eigenvalue weighted by Gasteiger charge is -2.17. The Labute approximate surface area is 105 Å². The van der Waals surface area contributed by atoms with Gasteiger partial charge in [-0.15, -0.1) is 0 Å². The van der Waals surface area contributed by atoms with E-state index in [9.17, 15) is 4.57 Å². The molecular weight excluding hydrogens is 291 g/mol. The van der Waals surface area contributed by atoms with Gasteiger partial charge in [-0.2, -0.15) is 0 Å². The quantitative estimate of drug-likeness (QED) is 0.779. The normalized spacial score (nSPS) is 11.8. The van der Waals surface area contributed by atoms with Crippen LogP contribution in [0.15, 0.2) is 22.7 Å². The summed E-state index contributed by atoms with van der Waals surface area (Å²) in [5.41, 5.74) is 1.09. The minimum atomic E-state index is -3.15. The molecule has 1 rings (SSSR count). The number of hydrogen-bond donors (Lipinski definition) is 0. The summed E-state index contributed by atoms with van der Waals surface area (Å²) in [5.74, 6) is 0. The molecule has 3 nitrogen and oxygen atoms in total. The molecule has 0 atom stereocenters. The Morgan fingerprint density at radius 2 is 1.81 bits per heavy atom. The molecule has 1 aromatic rings. The second-order valence-corrected chi connectivity index (χ2v) is 6.15. The van der Waals surface area contributed by atoms with Crippen molar-refractivity contribution in [3.8, 4) is 0 Å². The third-order valence-corrected chi connectivity index (χ3v) is 5.03. The standard InChI is InChI=1S/C11H16BrO3P/c1-4-14-16(13,15-5-2)10-7-6-9(3)11(12)8-10/h6-8H,4-5H2,1-3H3. The summed E-state index contributed by atoms with van der Waals surface area (Å²) in [5, 5.41) is 0.591. The van der Waals surface area contributed by atoms with Gasteiger partial charge in [-0.25, -0.2) is 0 Å². The van der Waals surface area contributed by atoms with Crippen molar-refractivity contribution < 1.29 is 13.6 Å². The highest BCUT2D eigenvalue weighted by Gasteiger charge is 2.26. The number of aryl methyl sites for hydroxylation is 1. The first kappa shape index (κ1) is 13.9. The van der Waals surface area contributed by atoms with Gasteiger partial charge in [-0.3, -0.25) is 4.57 Å². The van der Waals surface area contributed by atoms with Crippen molar-refractivity contribution in [3.63, 3.8) is 0 Å². The van der Waals surface area contributed by atoms with E-state index in [1.165, 1.54) is 0 Å². The summed E-state index contributed by atoms with van der Waals surface area (Å²) >= 11 is 3.41. The van der Waals surface area contributed by atoms with Gasteiger partial charge >= 0.3 is 7.60 Å². The molecule has 0 saturated carbocycles. The van der Waals surface area contributed by atoms with Crippen molar-refractivity contribution in [2.75, 3.05) is 13.2 Å². The van der Waals surface area contributed by atoms with Crippen LogP contribution in [-0.4, -0.2) is 13.2 Å². The molecule has 0 heterocycles. The van der Waals surface area contributed by atoms with E-state index in [4.69, 9.17) is 9.05 Å². The molecule has 1 aromatic carbocycles. The van der Waals surface area contributed by atoms with E-state index in [0.29, 0.717) is 18.5 Å². The van der Waals surface area contributed by atoms with E-state index in [-0.39, 0.29) is 0 Å². The Kier molecular flexibility index (Phi) is 5.19. The van der Waals surface area contributed by atoms with Crippen molar-refractivity contribution in [1.29, 1.82) is 0 Å². The molecule has 16 heavy (non-hydrogen) atoms. The topological polar surface area (TPSA) is 35.5 Å². The summed E-state index contributed by atoms with van der Waals surface area (Å²) in [4.78, 5) is 0. The second-order valence-electron chi connectivity index (χ2n) is 3.27. The molecule has 0 aliphatic heterocycles. The van der Waals surface area contributed by atoms with Crippen LogP contribution in [0.4, 0.5) is 0 Å². The van der Waals surface area contributed by atoms with Crippen molar-refractivity contribution in [1.82, 2.24) is 0 Å². The smallest absolute Gasteiger partial charge is 0.305 e. The third kappa shape index (κ3) is 3.17. The largest absolute Gasteiger partial charge is 0.361 e. The van der Waals surface area contributed by atoms with Gasteiger partial charge < -0.3 is 9.05 Å². The molecular formula is C11H16BrO3P. The molecule has 0 radical (unpaired) electrons. The van der Waals surface area contributed by atoms with Gasteiger partial charge in [0, 0.05) is 4.47 Å². The minimum Gasteiger partial charge on any atom is -0.305 e. The lowest BCUT2D eigenvalue weighted by atomic mass is 10.2. The summed E-state index contributed by atoms with van der Waals surface area (Å²) in [6.07, 6.45) is 0. The summed E-state index contributed by atoms with van der Waals surface area (Å²) in [7, 11) is -3.15. The summed E-state index contributed by atoms with van der Waals surface area (Å²) in [6, 6.07) is 5.47. The van der Waals surface area contributed by atoms with Crippen molar-refractivity contribution >= 4 is 28.8 Å². The molecule has 0 aromatic heterocycles. The number of hydrogen-bond acceptors (Lipinski definition) is 3. The zero-order valence-electron chi connectivity index (χ0n) is 9.70. The fourth-order valence-electron chi connectivity index (χ4n) is 1.28. The van der Waals surface area contributed by atoms with Crippen molar-refractivity contribution in [3.05, 3.63) is 28.2 Å². The summed E-state index contributed by atoms with van der Waals surface area (Å²) in [6.45, 7) is 6.30. The predicted molar refractivity (Wildman–Crippen MR) is 69.4 cm³/mol. The molecule has 0 N–H and O–H groups in total. The minimum absolute atomic E-state index is 0.364. The fraction of sp³-hybridized carbons (Fsp3) is 0.455. The van der Waals surface area contributed by atoms with E-state index < -0.39 is 7.60 Å². The first-order valence-corrected chi connectivity index (χ1v) is 7.53. The number of rotatable bonds is 5. The maximum Gasteiger partial charge on any atom is 0.361 e. The predicted octanol–water partition coefficient (Wildman–Crippen LogP) is 3.65. The zero-order chi connectivity index (χ0) is 12.2. The van der Waals surface area contributed by atoms with Gasteiger partial charge in [0.15, 0.2) is 0 Å². The molecule has 5 heteroatoms. The Hall–Kier alpha value is -0.150. The van der Waals surface area contributed by atoms with Crippen LogP contribution in [0.25, 0.3) is 0 Å². The molecule has 0 unspecified atom stereocenters. The molecule has 0 aliphatic carbocycles. The van der Waals surface area contributed by atoms with E-state index in [2.05, 4.69) is 15.9 Å². The van der Waals surface area contributed by atoms with Gasteiger partial charge in [-0.1, -0.05) is 22.0 Å². The number of benzene rings is 1. The molecule has 0 amide bonds. The SMILES string of the molecule is CCOP(=O)(OCC)c1ccc(C)c(Br)c1. The fourth-order valence-corrected chi connectivity index (χ4v) is 3.43. The average molecular weight is 307 g/mol. The lowest BCUT2D eigenvalue weighted by Crippen LogP contribution is -2.10. The third-order valence-electron chi connectivity index (χ3n) is 2.07. The number of halogens is 1. The Bertz CT molecular complexity index is 396. The first-order chi connectivity index (χ1) is 7.53. The molecule has 90 valence electrons. The van der Waals surface area contributed by atoms with Crippen LogP contribution in [-0.2, 0) is 13.6 Å². The van der Waals surface area contributed by atoms with Crippen LogP contribution >= 0.6 is 23.5 Å². The average Bonchev–Trinajstić information content (AvgIpc) is 2.22. The van der Waals surface area contributed by atoms with Crippen molar-refractivity contribution in [2.45, 2.75) is 20.8 Å². The molecule has 0 saturated heterocycles. The molecule has 0 fully saturated rings. The van der Waals surface area contributed by atoms with Gasteiger partial charge in [-0.05, 0) is 38.5 Å². The van der Waals surface area contributed by atoms with Gasteiger partial charge in [0.25, 0.3) is 0 Å². The Morgan fingerprint density at radius 3 is 2.25 bits per heavy atom. The zero-order valence-corrected chi connectivity index (χ0v) is 12.2. The highest BCUT2D eigenvalue weighted by molar-refractivity contribution is 9.10. The Balaban J connectivity index is 3.11. The van der Waals surface area contributed by atoms with Crippen LogP contribution in [0.1, 0.15) is 19.4 Å². The van der Waals surface area contributed by atoms with Crippen LogP contribution < -0.4 is 5.30 Å².